The molecule has 132 valence electrons. The number of aryl methyl sites for hydroxylation is 1. The number of para-hydroxylation sites is 1. The maximum absolute atomic E-state index is 12.4. The largest absolute Gasteiger partial charge is 0.456 e. The zero-order chi connectivity index (χ0) is 17.8. The van der Waals surface area contributed by atoms with E-state index < -0.39 is 0 Å². The molecule has 1 aromatic heterocycles. The van der Waals surface area contributed by atoms with Crippen LogP contribution in [0.4, 0.5) is 5.69 Å². The van der Waals surface area contributed by atoms with E-state index in [1.165, 1.54) is 0 Å². The second-order valence-electron chi connectivity index (χ2n) is 6.01. The second kappa shape index (κ2) is 8.01. The van der Waals surface area contributed by atoms with Gasteiger partial charge in [0.25, 0.3) is 5.91 Å². The number of nitrogens with one attached hydrogen (secondary N) is 1. The first-order valence-corrected chi connectivity index (χ1v) is 9.23. The summed E-state index contributed by atoms with van der Waals surface area (Å²) >= 11 is 2.20. The summed E-state index contributed by atoms with van der Waals surface area (Å²) in [5.41, 5.74) is 0.829. The van der Waals surface area contributed by atoms with E-state index in [2.05, 4.69) is 32.8 Å². The van der Waals surface area contributed by atoms with E-state index >= 15 is 0 Å². The lowest BCUT2D eigenvalue weighted by Gasteiger charge is -2.33. The molecule has 0 spiro atoms. The normalized spacial score (nSPS) is 15.2. The lowest BCUT2D eigenvalue weighted by Crippen LogP contribution is -2.50. The monoisotopic (exact) mass is 453 g/mol. The van der Waals surface area contributed by atoms with Crippen molar-refractivity contribution in [2.45, 2.75) is 6.92 Å². The molecule has 25 heavy (non-hydrogen) atoms. The van der Waals surface area contributed by atoms with Crippen molar-refractivity contribution in [1.29, 1.82) is 0 Å². The summed E-state index contributed by atoms with van der Waals surface area (Å²) < 4.78 is 6.41. The van der Waals surface area contributed by atoms with Crippen molar-refractivity contribution in [3.05, 3.63) is 51.5 Å². The molecule has 0 bridgehead atoms. The Morgan fingerprint density at radius 1 is 1.12 bits per heavy atom. The lowest BCUT2D eigenvalue weighted by atomic mass is 10.2. The molecule has 0 unspecified atom stereocenters. The minimum Gasteiger partial charge on any atom is -0.456 e. The number of nitrogens with zero attached hydrogens (tertiary/aromatic N) is 2. The summed E-state index contributed by atoms with van der Waals surface area (Å²) in [6, 6.07) is 11.2. The molecular weight excluding hydrogens is 433 g/mol. The molecule has 1 fully saturated rings. The van der Waals surface area contributed by atoms with Crippen LogP contribution in [0.25, 0.3) is 0 Å². The summed E-state index contributed by atoms with van der Waals surface area (Å²) in [5.74, 6) is 0.984. The molecule has 1 saturated heterocycles. The fourth-order valence-corrected chi connectivity index (χ4v) is 3.29. The molecule has 7 heteroatoms. The Morgan fingerprint density at radius 2 is 1.84 bits per heavy atom. The minimum atomic E-state index is -0.0870. The highest BCUT2D eigenvalue weighted by atomic mass is 127. The van der Waals surface area contributed by atoms with Gasteiger partial charge in [0.1, 0.15) is 5.76 Å². The van der Waals surface area contributed by atoms with E-state index in [4.69, 9.17) is 4.42 Å². The van der Waals surface area contributed by atoms with Gasteiger partial charge >= 0.3 is 0 Å². The van der Waals surface area contributed by atoms with Gasteiger partial charge in [-0.25, -0.2) is 0 Å². The molecule has 0 saturated carbocycles. The topological polar surface area (TPSA) is 65.8 Å². The number of halogens is 1. The Balaban J connectivity index is 1.48. The molecular formula is C18H20IN3O3. The predicted molar refractivity (Wildman–Crippen MR) is 104 cm³/mol. The van der Waals surface area contributed by atoms with Crippen molar-refractivity contribution in [2.24, 2.45) is 0 Å². The van der Waals surface area contributed by atoms with Crippen LogP contribution in [-0.4, -0.2) is 54.3 Å². The number of furan rings is 1. The van der Waals surface area contributed by atoms with E-state index in [0.717, 1.165) is 15.0 Å². The quantitative estimate of drug-likeness (QED) is 0.724. The summed E-state index contributed by atoms with van der Waals surface area (Å²) in [5, 5.41) is 2.94. The zero-order valence-corrected chi connectivity index (χ0v) is 16.2. The number of carbonyl (C=O) groups is 2. The van der Waals surface area contributed by atoms with Gasteiger partial charge in [-0.05, 0) is 53.8 Å². The Kier molecular flexibility index (Phi) is 5.74. The molecule has 3 rings (SSSR count). The maximum Gasteiger partial charge on any atom is 0.289 e. The summed E-state index contributed by atoms with van der Waals surface area (Å²) in [6.45, 7) is 4.67. The fourth-order valence-electron chi connectivity index (χ4n) is 2.77. The number of anilines is 1. The van der Waals surface area contributed by atoms with Gasteiger partial charge in [0, 0.05) is 29.7 Å². The molecule has 2 heterocycles. The van der Waals surface area contributed by atoms with Crippen LogP contribution < -0.4 is 5.32 Å². The summed E-state index contributed by atoms with van der Waals surface area (Å²) in [7, 11) is 0. The standard InChI is InChI=1S/C18H20IN3O3/c1-13-6-7-16(25-13)18(24)22-10-8-21(9-11-22)12-17(23)20-15-5-3-2-4-14(15)19/h2-7H,8-12H2,1H3,(H,20,23). The third-order valence-electron chi connectivity index (χ3n) is 4.13. The Hall–Kier alpha value is -1.87. The Morgan fingerprint density at radius 3 is 2.48 bits per heavy atom. The van der Waals surface area contributed by atoms with Gasteiger partial charge < -0.3 is 14.6 Å². The van der Waals surface area contributed by atoms with Crippen molar-refractivity contribution in [3.8, 4) is 0 Å². The van der Waals surface area contributed by atoms with Crippen LogP contribution in [0.15, 0.2) is 40.8 Å². The first kappa shape index (κ1) is 17.9. The smallest absolute Gasteiger partial charge is 0.289 e. The SMILES string of the molecule is Cc1ccc(C(=O)N2CCN(CC(=O)Nc3ccccc3I)CC2)o1. The van der Waals surface area contributed by atoms with Gasteiger partial charge in [-0.2, -0.15) is 0 Å². The highest BCUT2D eigenvalue weighted by Crippen LogP contribution is 2.17. The summed E-state index contributed by atoms with van der Waals surface area (Å²) in [6.07, 6.45) is 0. The second-order valence-corrected chi connectivity index (χ2v) is 7.17. The van der Waals surface area contributed by atoms with Gasteiger partial charge in [0.15, 0.2) is 5.76 Å². The molecule has 1 aliphatic rings. The van der Waals surface area contributed by atoms with Crippen LogP contribution in [0.2, 0.25) is 0 Å². The molecule has 0 radical (unpaired) electrons. The number of amides is 2. The Bertz CT molecular complexity index is 766. The van der Waals surface area contributed by atoms with Crippen LogP contribution in [-0.2, 0) is 4.79 Å². The van der Waals surface area contributed by atoms with Gasteiger partial charge in [0.2, 0.25) is 5.91 Å². The first-order chi connectivity index (χ1) is 12.0. The average Bonchev–Trinajstić information content (AvgIpc) is 3.03. The Labute approximate surface area is 160 Å². The number of hydrogen-bond acceptors (Lipinski definition) is 4. The van der Waals surface area contributed by atoms with E-state index in [1.807, 2.05) is 31.2 Å². The van der Waals surface area contributed by atoms with E-state index in [1.54, 1.807) is 17.0 Å². The molecule has 2 aromatic rings. The van der Waals surface area contributed by atoms with E-state index in [-0.39, 0.29) is 11.8 Å². The van der Waals surface area contributed by atoms with E-state index in [9.17, 15) is 9.59 Å². The zero-order valence-electron chi connectivity index (χ0n) is 14.0. The van der Waals surface area contributed by atoms with E-state index in [0.29, 0.717) is 38.5 Å². The van der Waals surface area contributed by atoms with Crippen LogP contribution in [0.3, 0.4) is 0 Å². The molecule has 6 nitrogen and oxygen atoms in total. The molecule has 1 aromatic carbocycles. The van der Waals surface area contributed by atoms with Gasteiger partial charge in [0.05, 0.1) is 12.2 Å². The highest BCUT2D eigenvalue weighted by molar-refractivity contribution is 14.1. The maximum atomic E-state index is 12.4. The molecule has 2 amide bonds. The van der Waals surface area contributed by atoms with Crippen molar-refractivity contribution in [2.75, 3.05) is 38.0 Å². The van der Waals surface area contributed by atoms with Crippen LogP contribution in [0, 0.1) is 10.5 Å². The van der Waals surface area contributed by atoms with Crippen LogP contribution >= 0.6 is 22.6 Å². The van der Waals surface area contributed by atoms with Crippen molar-refractivity contribution < 1.29 is 14.0 Å². The average molecular weight is 453 g/mol. The van der Waals surface area contributed by atoms with Gasteiger partial charge in [-0.15, -0.1) is 0 Å². The lowest BCUT2D eigenvalue weighted by molar-refractivity contribution is -0.117. The molecule has 0 atom stereocenters. The fraction of sp³-hybridized carbons (Fsp3) is 0.333. The number of hydrogen-bond donors (Lipinski definition) is 1. The number of carbonyl (C=O) groups excluding carboxylic acids is 2. The number of benzene rings is 1. The third-order valence-corrected chi connectivity index (χ3v) is 5.07. The van der Waals surface area contributed by atoms with Gasteiger partial charge in [-0.3, -0.25) is 14.5 Å². The van der Waals surface area contributed by atoms with Crippen molar-refractivity contribution in [1.82, 2.24) is 9.80 Å². The summed E-state index contributed by atoms with van der Waals surface area (Å²) in [4.78, 5) is 28.4. The van der Waals surface area contributed by atoms with Crippen LogP contribution in [0.5, 0.6) is 0 Å². The first-order valence-electron chi connectivity index (χ1n) is 8.15. The van der Waals surface area contributed by atoms with Gasteiger partial charge in [-0.1, -0.05) is 12.1 Å². The number of piperazine rings is 1. The molecule has 1 N–H and O–H groups in total. The predicted octanol–water partition coefficient (Wildman–Crippen LogP) is 2.59. The minimum absolute atomic E-state index is 0.0365. The third kappa shape index (κ3) is 4.60. The van der Waals surface area contributed by atoms with Crippen LogP contribution in [0.1, 0.15) is 16.3 Å². The molecule has 0 aliphatic carbocycles. The number of rotatable bonds is 4. The van der Waals surface area contributed by atoms with Crippen molar-refractivity contribution in [3.63, 3.8) is 0 Å². The van der Waals surface area contributed by atoms with Crippen molar-refractivity contribution >= 4 is 40.1 Å². The molecule has 1 aliphatic heterocycles. The highest BCUT2D eigenvalue weighted by Gasteiger charge is 2.25.